The van der Waals surface area contributed by atoms with Gasteiger partial charge in [0.2, 0.25) is 0 Å². The van der Waals surface area contributed by atoms with Gasteiger partial charge in [0.05, 0.1) is 12.5 Å². The van der Waals surface area contributed by atoms with Crippen LogP contribution in [0.4, 0.5) is 0 Å². The van der Waals surface area contributed by atoms with Crippen molar-refractivity contribution in [2.75, 3.05) is 0 Å². The molecule has 3 nitrogen and oxygen atoms in total. The monoisotopic (exact) mass is 181 g/mol. The Balaban J connectivity index is 2.77. The number of H-pyrrole nitrogens is 1. The summed E-state index contributed by atoms with van der Waals surface area (Å²) in [7, 11) is 0. The van der Waals surface area contributed by atoms with Gasteiger partial charge >= 0.3 is 0 Å². The van der Waals surface area contributed by atoms with Crippen molar-refractivity contribution in [1.29, 1.82) is 10.5 Å². The van der Waals surface area contributed by atoms with Gasteiger partial charge in [0.15, 0.2) is 0 Å². The lowest BCUT2D eigenvalue weighted by Crippen LogP contribution is -1.83. The fourth-order valence-electron chi connectivity index (χ4n) is 1.56. The second-order valence-electron chi connectivity index (χ2n) is 2.97. The van der Waals surface area contributed by atoms with Gasteiger partial charge in [0, 0.05) is 16.5 Å². The Labute approximate surface area is 81.2 Å². The van der Waals surface area contributed by atoms with Crippen molar-refractivity contribution < 1.29 is 0 Å². The molecule has 14 heavy (non-hydrogen) atoms. The first-order chi connectivity index (χ1) is 6.86. The fraction of sp³-hybridized carbons (Fsp3) is 0.0909. The molecule has 0 aliphatic heterocycles. The number of hydrogen-bond donors (Lipinski definition) is 1. The molecule has 0 saturated heterocycles. The van der Waals surface area contributed by atoms with Gasteiger partial charge < -0.3 is 4.98 Å². The topological polar surface area (TPSA) is 63.4 Å². The summed E-state index contributed by atoms with van der Waals surface area (Å²) in [5.74, 6) is 0. The number of aromatic nitrogens is 1. The summed E-state index contributed by atoms with van der Waals surface area (Å²) in [5.41, 5.74) is 2.20. The van der Waals surface area contributed by atoms with Crippen LogP contribution in [0.3, 0.4) is 0 Å². The maximum atomic E-state index is 8.86. The van der Waals surface area contributed by atoms with E-state index in [2.05, 4.69) is 17.1 Å². The zero-order valence-corrected chi connectivity index (χ0v) is 7.41. The average Bonchev–Trinajstić information content (AvgIpc) is 2.58. The minimum atomic E-state index is 0.271. The van der Waals surface area contributed by atoms with Crippen molar-refractivity contribution in [2.24, 2.45) is 0 Å². The molecule has 0 atom stereocenters. The quantitative estimate of drug-likeness (QED) is 0.732. The van der Waals surface area contributed by atoms with Gasteiger partial charge in [-0.1, -0.05) is 18.2 Å². The van der Waals surface area contributed by atoms with Gasteiger partial charge in [-0.15, -0.1) is 0 Å². The highest BCUT2D eigenvalue weighted by Gasteiger charge is 2.09. The summed E-state index contributed by atoms with van der Waals surface area (Å²) in [5, 5.41) is 18.5. The van der Waals surface area contributed by atoms with Crippen molar-refractivity contribution in [3.05, 3.63) is 35.5 Å². The molecule has 0 aliphatic carbocycles. The third-order valence-corrected chi connectivity index (χ3v) is 2.18. The van der Waals surface area contributed by atoms with E-state index in [1.165, 1.54) is 0 Å². The highest BCUT2D eigenvalue weighted by Crippen LogP contribution is 2.21. The van der Waals surface area contributed by atoms with Crippen molar-refractivity contribution in [2.45, 2.75) is 6.42 Å². The molecule has 0 fully saturated rings. The molecule has 1 aromatic carbocycles. The standard InChI is InChI=1S/C11H7N3/c12-6-5-9-8-3-1-2-4-10(8)14-11(9)7-13/h1-4,14H,5H2. The Morgan fingerprint density at radius 3 is 2.71 bits per heavy atom. The van der Waals surface area contributed by atoms with E-state index in [1.54, 1.807) is 0 Å². The van der Waals surface area contributed by atoms with Crippen LogP contribution in [0.15, 0.2) is 24.3 Å². The molecular weight excluding hydrogens is 174 g/mol. The molecule has 0 radical (unpaired) electrons. The molecule has 66 valence electrons. The van der Waals surface area contributed by atoms with Crippen LogP contribution in [0.2, 0.25) is 0 Å². The average molecular weight is 181 g/mol. The summed E-state index contributed by atoms with van der Waals surface area (Å²) in [6, 6.07) is 11.7. The third kappa shape index (κ3) is 1.12. The van der Waals surface area contributed by atoms with Crippen LogP contribution in [-0.2, 0) is 6.42 Å². The van der Waals surface area contributed by atoms with Gasteiger partial charge in [-0.25, -0.2) is 0 Å². The number of nitrogens with zero attached hydrogens (tertiary/aromatic N) is 2. The van der Waals surface area contributed by atoms with Crippen LogP contribution in [-0.4, -0.2) is 4.98 Å². The van der Waals surface area contributed by atoms with Crippen LogP contribution in [0, 0.1) is 22.7 Å². The summed E-state index contributed by atoms with van der Waals surface area (Å²) < 4.78 is 0. The summed E-state index contributed by atoms with van der Waals surface area (Å²) in [6.07, 6.45) is 0.271. The van der Waals surface area contributed by atoms with Crippen LogP contribution < -0.4 is 0 Å². The molecule has 2 rings (SSSR count). The van der Waals surface area contributed by atoms with Crippen molar-refractivity contribution in [3.63, 3.8) is 0 Å². The first kappa shape index (κ1) is 8.34. The summed E-state index contributed by atoms with van der Waals surface area (Å²) in [6.45, 7) is 0. The van der Waals surface area contributed by atoms with E-state index >= 15 is 0 Å². The van der Waals surface area contributed by atoms with Gasteiger partial charge in [0.25, 0.3) is 0 Å². The van der Waals surface area contributed by atoms with E-state index in [1.807, 2.05) is 24.3 Å². The highest BCUT2D eigenvalue weighted by molar-refractivity contribution is 5.85. The van der Waals surface area contributed by atoms with Crippen LogP contribution in [0.1, 0.15) is 11.3 Å². The number of nitriles is 2. The molecule has 0 bridgehead atoms. The van der Waals surface area contributed by atoms with Crippen molar-refractivity contribution >= 4 is 10.9 Å². The van der Waals surface area contributed by atoms with E-state index in [0.717, 1.165) is 16.5 Å². The van der Waals surface area contributed by atoms with Crippen molar-refractivity contribution in [3.8, 4) is 12.1 Å². The fourth-order valence-corrected chi connectivity index (χ4v) is 1.56. The number of fused-ring (bicyclic) bond motifs is 1. The second kappa shape index (κ2) is 3.24. The van der Waals surface area contributed by atoms with Crippen LogP contribution in [0.5, 0.6) is 0 Å². The minimum absolute atomic E-state index is 0.271. The molecule has 0 unspecified atom stereocenters. The van der Waals surface area contributed by atoms with Gasteiger partial charge in [0.1, 0.15) is 11.8 Å². The first-order valence-electron chi connectivity index (χ1n) is 4.23. The molecule has 0 aliphatic rings. The largest absolute Gasteiger partial charge is 0.346 e. The van der Waals surface area contributed by atoms with E-state index in [9.17, 15) is 0 Å². The Morgan fingerprint density at radius 1 is 1.21 bits per heavy atom. The highest BCUT2D eigenvalue weighted by atomic mass is 14.7. The molecule has 2 aromatic rings. The maximum absolute atomic E-state index is 8.86. The number of nitrogens with one attached hydrogen (secondary N) is 1. The number of benzene rings is 1. The van der Waals surface area contributed by atoms with Gasteiger partial charge in [-0.2, -0.15) is 10.5 Å². The minimum Gasteiger partial charge on any atom is -0.346 e. The lowest BCUT2D eigenvalue weighted by Gasteiger charge is -1.90. The van der Waals surface area contributed by atoms with Crippen molar-refractivity contribution in [1.82, 2.24) is 4.98 Å². The molecule has 0 spiro atoms. The molecule has 1 aromatic heterocycles. The molecule has 3 heteroatoms. The maximum Gasteiger partial charge on any atom is 0.122 e. The molecule has 1 N–H and O–H groups in total. The summed E-state index contributed by atoms with van der Waals surface area (Å²) >= 11 is 0. The molecule has 0 saturated carbocycles. The Hall–Kier alpha value is -2.26. The summed E-state index contributed by atoms with van der Waals surface area (Å²) in [4.78, 5) is 2.99. The van der Waals surface area contributed by atoms with E-state index in [-0.39, 0.29) is 6.42 Å². The lowest BCUT2D eigenvalue weighted by atomic mass is 10.1. The van der Waals surface area contributed by atoms with E-state index in [4.69, 9.17) is 10.5 Å². The first-order valence-corrected chi connectivity index (χ1v) is 4.23. The van der Waals surface area contributed by atoms with Crippen LogP contribution >= 0.6 is 0 Å². The third-order valence-electron chi connectivity index (χ3n) is 2.18. The molecule has 1 heterocycles. The number of aromatic amines is 1. The zero-order chi connectivity index (χ0) is 9.97. The van der Waals surface area contributed by atoms with Gasteiger partial charge in [-0.05, 0) is 6.07 Å². The molecule has 0 amide bonds. The Bertz CT molecular complexity index is 552. The normalized spacial score (nSPS) is 9.57. The second-order valence-corrected chi connectivity index (χ2v) is 2.97. The molecular formula is C11H7N3. The SMILES string of the molecule is N#CCc1c(C#N)[nH]c2ccccc12. The number of rotatable bonds is 1. The van der Waals surface area contributed by atoms with Crippen LogP contribution in [0.25, 0.3) is 10.9 Å². The zero-order valence-electron chi connectivity index (χ0n) is 7.41. The van der Waals surface area contributed by atoms with E-state index in [0.29, 0.717) is 5.69 Å². The van der Waals surface area contributed by atoms with Gasteiger partial charge in [-0.3, -0.25) is 0 Å². The number of hydrogen-bond acceptors (Lipinski definition) is 2. The predicted octanol–water partition coefficient (Wildman–Crippen LogP) is 2.11. The predicted molar refractivity (Wildman–Crippen MR) is 52.3 cm³/mol. The van der Waals surface area contributed by atoms with E-state index < -0.39 is 0 Å². The number of para-hydroxylation sites is 1. The Kier molecular flexibility index (Phi) is 1.93. The smallest absolute Gasteiger partial charge is 0.122 e. The lowest BCUT2D eigenvalue weighted by molar-refractivity contribution is 1.24. The Morgan fingerprint density at radius 2 is 2.00 bits per heavy atom.